The third-order valence-corrected chi connectivity index (χ3v) is 6.22. The maximum Gasteiger partial charge on any atom is 0.282 e. The molecule has 0 bridgehead atoms. The Morgan fingerprint density at radius 3 is 2.72 bits per heavy atom. The molecule has 1 aromatic heterocycles. The molecule has 8 nitrogen and oxygen atoms in total. The van der Waals surface area contributed by atoms with E-state index in [0.717, 1.165) is 12.1 Å². The summed E-state index contributed by atoms with van der Waals surface area (Å²) in [4.78, 5) is 3.99. The summed E-state index contributed by atoms with van der Waals surface area (Å²) in [5, 5.41) is 21.4. The number of sulfone groups is 1. The van der Waals surface area contributed by atoms with Crippen molar-refractivity contribution in [3.63, 3.8) is 0 Å². The topological polar surface area (TPSA) is 119 Å². The minimum Gasteiger partial charge on any atom is -0.368 e. The van der Waals surface area contributed by atoms with E-state index in [4.69, 9.17) is 11.6 Å². The van der Waals surface area contributed by atoms with Crippen molar-refractivity contribution < 1.29 is 26.7 Å². The van der Waals surface area contributed by atoms with Crippen LogP contribution in [-0.4, -0.2) is 47.2 Å². The van der Waals surface area contributed by atoms with Gasteiger partial charge in [-0.3, -0.25) is 5.10 Å². The van der Waals surface area contributed by atoms with Gasteiger partial charge < -0.3 is 15.7 Å². The largest absolute Gasteiger partial charge is 0.368 e. The first-order chi connectivity index (χ1) is 13.6. The number of aliphatic hydroxyl groups is 1. The van der Waals surface area contributed by atoms with Crippen molar-refractivity contribution in [3.8, 4) is 0 Å². The summed E-state index contributed by atoms with van der Waals surface area (Å²) >= 11 is 5.62. The lowest BCUT2D eigenvalue weighted by Crippen LogP contribution is -2.40. The van der Waals surface area contributed by atoms with E-state index in [9.17, 15) is 26.7 Å². The summed E-state index contributed by atoms with van der Waals surface area (Å²) in [6.45, 7) is 0. The molecule has 2 unspecified atom stereocenters. The van der Waals surface area contributed by atoms with Gasteiger partial charge in [-0.15, -0.1) is 0 Å². The van der Waals surface area contributed by atoms with Gasteiger partial charge in [0.25, 0.3) is 6.43 Å². The van der Waals surface area contributed by atoms with E-state index in [2.05, 4.69) is 25.8 Å². The molecule has 0 aliphatic carbocycles. The third kappa shape index (κ3) is 5.61. The van der Waals surface area contributed by atoms with E-state index in [0.29, 0.717) is 6.42 Å². The normalized spacial score (nSPS) is 20.1. The van der Waals surface area contributed by atoms with Crippen molar-refractivity contribution in [1.82, 2.24) is 15.5 Å². The van der Waals surface area contributed by atoms with Crippen LogP contribution in [0.3, 0.4) is 0 Å². The highest BCUT2D eigenvalue weighted by Crippen LogP contribution is 2.22. The van der Waals surface area contributed by atoms with Gasteiger partial charge in [-0.25, -0.2) is 26.6 Å². The van der Waals surface area contributed by atoms with Gasteiger partial charge in [-0.2, -0.15) is 5.10 Å². The standard InChI is InChI=1S/C16H17ClF3N5O3S/c17-10-2-1-8(5-11(10)18)15(26)23-16(21-9-3-4-29(27,28)7-9)22-13-6-12(14(19)20)24-25-13/h1-2,5-6,9,14-15,26H,3-4,7H2,(H3,21,22,23,24,25). The number of benzene rings is 1. The molecule has 1 aliphatic rings. The Morgan fingerprint density at radius 1 is 1.38 bits per heavy atom. The van der Waals surface area contributed by atoms with Crippen LogP contribution in [0.2, 0.25) is 5.02 Å². The number of alkyl halides is 2. The zero-order valence-corrected chi connectivity index (χ0v) is 16.3. The maximum atomic E-state index is 13.6. The second-order valence-electron chi connectivity index (χ2n) is 6.40. The van der Waals surface area contributed by atoms with Crippen molar-refractivity contribution in [2.75, 3.05) is 16.8 Å². The summed E-state index contributed by atoms with van der Waals surface area (Å²) in [5.74, 6) is -0.966. The van der Waals surface area contributed by atoms with Crippen LogP contribution in [0.1, 0.15) is 30.3 Å². The molecule has 1 aromatic carbocycles. The number of guanidine groups is 1. The van der Waals surface area contributed by atoms with E-state index >= 15 is 0 Å². The number of nitrogens with one attached hydrogen (secondary N) is 3. The number of rotatable bonds is 5. The van der Waals surface area contributed by atoms with Gasteiger partial charge in [-0.1, -0.05) is 17.7 Å². The van der Waals surface area contributed by atoms with E-state index in [-0.39, 0.29) is 33.9 Å². The number of halogens is 4. The Hall–Kier alpha value is -2.31. The zero-order chi connectivity index (χ0) is 21.2. The number of hydrogen-bond donors (Lipinski definition) is 4. The lowest BCUT2D eigenvalue weighted by Gasteiger charge is -2.17. The fourth-order valence-corrected chi connectivity index (χ4v) is 4.51. The number of hydrogen-bond acceptors (Lipinski definition) is 5. The van der Waals surface area contributed by atoms with E-state index in [1.807, 2.05) is 0 Å². The highest BCUT2D eigenvalue weighted by molar-refractivity contribution is 7.91. The number of H-pyrrole nitrogens is 1. The van der Waals surface area contributed by atoms with Gasteiger partial charge in [0, 0.05) is 17.7 Å². The molecule has 0 saturated carbocycles. The molecular weight excluding hydrogens is 435 g/mol. The van der Waals surface area contributed by atoms with Crippen LogP contribution in [-0.2, 0) is 9.84 Å². The van der Waals surface area contributed by atoms with Gasteiger partial charge in [0.05, 0.1) is 16.5 Å². The number of aliphatic hydroxyl groups excluding tert-OH is 1. The molecule has 1 aliphatic heterocycles. The minimum absolute atomic E-state index is 0.0114. The van der Waals surface area contributed by atoms with Gasteiger partial charge in [0.2, 0.25) is 0 Å². The Labute approximate surface area is 169 Å². The third-order valence-electron chi connectivity index (χ3n) is 4.14. The van der Waals surface area contributed by atoms with E-state index in [1.54, 1.807) is 0 Å². The second kappa shape index (κ2) is 8.59. The Morgan fingerprint density at radius 2 is 2.14 bits per heavy atom. The highest BCUT2D eigenvalue weighted by atomic mass is 35.5. The van der Waals surface area contributed by atoms with Crippen molar-refractivity contribution in [1.29, 1.82) is 0 Å². The first kappa shape index (κ1) is 21.4. The molecule has 0 radical (unpaired) electrons. The fourth-order valence-electron chi connectivity index (χ4n) is 2.72. The van der Waals surface area contributed by atoms with Crippen molar-refractivity contribution in [2.45, 2.75) is 25.1 Å². The summed E-state index contributed by atoms with van der Waals surface area (Å²) < 4.78 is 62.4. The lowest BCUT2D eigenvalue weighted by molar-refractivity contribution is 0.146. The van der Waals surface area contributed by atoms with Gasteiger partial charge in [-0.05, 0) is 18.6 Å². The predicted molar refractivity (Wildman–Crippen MR) is 101 cm³/mol. The molecule has 4 N–H and O–H groups in total. The van der Waals surface area contributed by atoms with E-state index < -0.39 is 40.0 Å². The minimum atomic E-state index is -3.20. The fraction of sp³-hybridized carbons (Fsp3) is 0.375. The number of anilines is 1. The molecule has 1 saturated heterocycles. The zero-order valence-electron chi connectivity index (χ0n) is 14.7. The molecule has 2 atom stereocenters. The first-order valence-corrected chi connectivity index (χ1v) is 10.6. The quantitative estimate of drug-likeness (QED) is 0.409. The van der Waals surface area contributed by atoms with Crippen molar-refractivity contribution >= 4 is 33.2 Å². The molecule has 158 valence electrons. The van der Waals surface area contributed by atoms with Crippen LogP contribution < -0.4 is 10.6 Å². The smallest absolute Gasteiger partial charge is 0.282 e. The Bertz CT molecular complexity index is 1010. The first-order valence-electron chi connectivity index (χ1n) is 8.41. The van der Waals surface area contributed by atoms with Gasteiger partial charge in [0.15, 0.2) is 22.0 Å². The highest BCUT2D eigenvalue weighted by Gasteiger charge is 2.29. The Kier molecular flexibility index (Phi) is 6.34. The number of nitrogens with zero attached hydrogens (tertiary/aromatic N) is 2. The molecule has 1 fully saturated rings. The molecule has 29 heavy (non-hydrogen) atoms. The number of aliphatic imine (C=N–C) groups is 1. The van der Waals surface area contributed by atoms with Crippen LogP contribution in [0.15, 0.2) is 29.3 Å². The van der Waals surface area contributed by atoms with Crippen LogP contribution >= 0.6 is 11.6 Å². The summed E-state index contributed by atoms with van der Waals surface area (Å²) in [6.07, 6.45) is -4.02. The van der Waals surface area contributed by atoms with Gasteiger partial charge >= 0.3 is 0 Å². The Balaban J connectivity index is 1.83. The maximum absolute atomic E-state index is 13.6. The summed E-state index contributed by atoms with van der Waals surface area (Å²) in [6, 6.07) is 4.15. The van der Waals surface area contributed by atoms with Gasteiger partial charge in [0.1, 0.15) is 17.3 Å². The number of aromatic amines is 1. The van der Waals surface area contributed by atoms with E-state index in [1.165, 1.54) is 12.1 Å². The summed E-state index contributed by atoms with van der Waals surface area (Å²) in [5.41, 5.74) is -0.416. The van der Waals surface area contributed by atoms with Crippen LogP contribution in [0.5, 0.6) is 0 Å². The molecular formula is C16H17ClF3N5O3S. The molecule has 0 spiro atoms. The van der Waals surface area contributed by atoms with Crippen molar-refractivity contribution in [3.05, 3.63) is 46.4 Å². The molecule has 3 rings (SSSR count). The average molecular weight is 452 g/mol. The molecule has 0 amide bonds. The number of aromatic nitrogens is 2. The molecule has 2 aromatic rings. The van der Waals surface area contributed by atoms with Crippen LogP contribution in [0.25, 0.3) is 0 Å². The second-order valence-corrected chi connectivity index (χ2v) is 9.04. The summed E-state index contributed by atoms with van der Waals surface area (Å²) in [7, 11) is -3.20. The van der Waals surface area contributed by atoms with Crippen LogP contribution in [0.4, 0.5) is 19.0 Å². The predicted octanol–water partition coefficient (Wildman–Crippen LogP) is 2.38. The molecule has 2 heterocycles. The molecule has 13 heteroatoms. The van der Waals surface area contributed by atoms with Crippen molar-refractivity contribution in [2.24, 2.45) is 4.99 Å². The monoisotopic (exact) mass is 451 g/mol. The van der Waals surface area contributed by atoms with Crippen LogP contribution in [0, 0.1) is 5.82 Å². The lowest BCUT2D eigenvalue weighted by atomic mass is 10.2. The SMILES string of the molecule is O=S1(=O)CCC(N/C(=N\C(O)c2ccc(Cl)c(F)c2)Nc2cc(C(F)F)n[nH]2)C1. The average Bonchev–Trinajstić information content (AvgIpc) is 3.23.